The van der Waals surface area contributed by atoms with Crippen molar-refractivity contribution in [2.24, 2.45) is 0 Å². The maximum absolute atomic E-state index is 12.6. The minimum Gasteiger partial charge on any atom is -0.495 e. The maximum Gasteiger partial charge on any atom is 0.242 e. The van der Waals surface area contributed by atoms with E-state index in [1.165, 1.54) is 40.6 Å². The molecule has 0 heterocycles. The molecule has 2 aromatic rings. The molecule has 0 atom stereocenters. The molecule has 2 aromatic carbocycles. The summed E-state index contributed by atoms with van der Waals surface area (Å²) in [6, 6.07) is 6.05. The van der Waals surface area contributed by atoms with Crippen LogP contribution in [0.4, 0.5) is 0 Å². The van der Waals surface area contributed by atoms with Gasteiger partial charge in [0, 0.05) is 6.54 Å². The third-order valence-corrected chi connectivity index (χ3v) is 6.13. The molecule has 148 valence electrons. The number of halogens is 2. The summed E-state index contributed by atoms with van der Waals surface area (Å²) >= 11 is 12.1. The highest BCUT2D eigenvalue weighted by Gasteiger charge is 2.22. The van der Waals surface area contributed by atoms with Gasteiger partial charge in [-0.05, 0) is 29.8 Å². The fourth-order valence-corrected chi connectivity index (χ4v) is 4.23. The summed E-state index contributed by atoms with van der Waals surface area (Å²) in [6.07, 6.45) is 0. The van der Waals surface area contributed by atoms with E-state index in [2.05, 4.69) is 4.72 Å². The summed E-state index contributed by atoms with van der Waals surface area (Å²) < 4.78 is 48.5. The molecule has 0 aromatic heterocycles. The van der Waals surface area contributed by atoms with Crippen LogP contribution in [-0.2, 0) is 16.6 Å². The monoisotopic (exact) mass is 435 g/mol. The number of nitrogens with one attached hydrogen (secondary N) is 1. The lowest BCUT2D eigenvalue weighted by molar-refractivity contribution is 0.323. The average Bonchev–Trinajstić information content (AvgIpc) is 2.67. The van der Waals surface area contributed by atoms with Crippen LogP contribution in [0.25, 0.3) is 0 Å². The van der Waals surface area contributed by atoms with Crippen LogP contribution in [0, 0.1) is 0 Å². The molecule has 2 rings (SSSR count). The lowest BCUT2D eigenvalue weighted by atomic mass is 10.2. The van der Waals surface area contributed by atoms with Crippen molar-refractivity contribution >= 4 is 33.2 Å². The van der Waals surface area contributed by atoms with Gasteiger partial charge in [0.1, 0.15) is 15.7 Å². The lowest BCUT2D eigenvalue weighted by Gasteiger charge is -2.15. The van der Waals surface area contributed by atoms with E-state index in [1.54, 1.807) is 12.1 Å². The third-order valence-electron chi connectivity index (χ3n) is 3.71. The molecule has 0 saturated carbocycles. The van der Waals surface area contributed by atoms with Crippen LogP contribution < -0.4 is 23.7 Å². The minimum atomic E-state index is -3.93. The zero-order valence-corrected chi connectivity index (χ0v) is 17.5. The van der Waals surface area contributed by atoms with Gasteiger partial charge in [-0.25, -0.2) is 13.1 Å². The Hall–Kier alpha value is -1.87. The smallest absolute Gasteiger partial charge is 0.242 e. The number of methoxy groups -OCH3 is 4. The molecule has 1 N–H and O–H groups in total. The van der Waals surface area contributed by atoms with E-state index in [9.17, 15) is 8.42 Å². The Morgan fingerprint density at radius 3 is 1.89 bits per heavy atom. The van der Waals surface area contributed by atoms with Crippen LogP contribution in [0.1, 0.15) is 5.56 Å². The van der Waals surface area contributed by atoms with E-state index >= 15 is 0 Å². The number of sulfonamides is 1. The summed E-state index contributed by atoms with van der Waals surface area (Å²) in [5.74, 6) is 1.52. The third kappa shape index (κ3) is 4.52. The maximum atomic E-state index is 12.6. The molecule has 0 aliphatic carbocycles. The molecule has 10 heteroatoms. The van der Waals surface area contributed by atoms with Crippen LogP contribution in [0.2, 0.25) is 10.0 Å². The largest absolute Gasteiger partial charge is 0.495 e. The van der Waals surface area contributed by atoms with Gasteiger partial charge in [0.2, 0.25) is 15.8 Å². The predicted octanol–water partition coefficient (Wildman–Crippen LogP) is 3.51. The van der Waals surface area contributed by atoms with Crippen molar-refractivity contribution in [2.75, 3.05) is 28.4 Å². The quantitative estimate of drug-likeness (QED) is 0.682. The van der Waals surface area contributed by atoms with Crippen molar-refractivity contribution in [3.8, 4) is 23.0 Å². The van der Waals surface area contributed by atoms with Crippen molar-refractivity contribution in [3.05, 3.63) is 39.9 Å². The van der Waals surface area contributed by atoms with Crippen molar-refractivity contribution in [1.29, 1.82) is 0 Å². The number of ether oxygens (including phenoxy) is 4. The molecule has 0 unspecified atom stereocenters. The normalized spacial score (nSPS) is 11.2. The number of rotatable bonds is 8. The van der Waals surface area contributed by atoms with Gasteiger partial charge in [-0.3, -0.25) is 0 Å². The second-order valence-electron chi connectivity index (χ2n) is 5.25. The average molecular weight is 436 g/mol. The van der Waals surface area contributed by atoms with E-state index in [4.69, 9.17) is 42.1 Å². The van der Waals surface area contributed by atoms with Gasteiger partial charge in [0.05, 0.1) is 33.5 Å². The van der Waals surface area contributed by atoms with Gasteiger partial charge in [-0.15, -0.1) is 0 Å². The SMILES string of the molecule is COc1ccc(S(=O)(=O)NCc2cc(OC)c(OC)c(OC)c2)c(Cl)c1Cl. The molecule has 0 saturated heterocycles. The standard InChI is InChI=1S/C17H19Cl2NO6S/c1-23-11-5-6-14(16(19)15(11)18)27(21,22)20-9-10-7-12(24-2)17(26-4)13(8-10)25-3/h5-8,20H,9H2,1-4H3. The molecule has 0 bridgehead atoms. The fraction of sp³-hybridized carbons (Fsp3) is 0.294. The molecule has 0 radical (unpaired) electrons. The molecule has 0 aliphatic heterocycles. The first-order valence-corrected chi connectivity index (χ1v) is 9.83. The second kappa shape index (κ2) is 8.88. The lowest BCUT2D eigenvalue weighted by Crippen LogP contribution is -2.23. The Morgan fingerprint density at radius 2 is 1.41 bits per heavy atom. The Morgan fingerprint density at radius 1 is 0.852 bits per heavy atom. The molecular weight excluding hydrogens is 417 g/mol. The molecular formula is C17H19Cl2NO6S. The van der Waals surface area contributed by atoms with Crippen LogP contribution in [-0.4, -0.2) is 36.9 Å². The van der Waals surface area contributed by atoms with E-state index in [0.717, 1.165) is 0 Å². The van der Waals surface area contributed by atoms with Crippen LogP contribution in [0.15, 0.2) is 29.2 Å². The highest BCUT2D eigenvalue weighted by molar-refractivity contribution is 7.89. The van der Waals surface area contributed by atoms with Gasteiger partial charge in [-0.1, -0.05) is 23.2 Å². The van der Waals surface area contributed by atoms with Crippen molar-refractivity contribution < 1.29 is 27.4 Å². The molecule has 0 amide bonds. The number of hydrogen-bond acceptors (Lipinski definition) is 6. The Balaban J connectivity index is 2.32. The molecule has 0 aliphatic rings. The summed E-state index contributed by atoms with van der Waals surface area (Å²) in [6.45, 7) is -0.0287. The van der Waals surface area contributed by atoms with E-state index < -0.39 is 10.0 Å². The molecule has 7 nitrogen and oxygen atoms in total. The number of hydrogen-bond donors (Lipinski definition) is 1. The summed E-state index contributed by atoms with van der Waals surface area (Å²) in [5, 5.41) is -0.0942. The predicted molar refractivity (Wildman–Crippen MR) is 103 cm³/mol. The van der Waals surface area contributed by atoms with Gasteiger partial charge in [0.25, 0.3) is 0 Å². The Labute approximate surface area is 168 Å². The first-order valence-electron chi connectivity index (χ1n) is 7.59. The van der Waals surface area contributed by atoms with E-state index in [0.29, 0.717) is 22.8 Å². The topological polar surface area (TPSA) is 83.1 Å². The van der Waals surface area contributed by atoms with Crippen LogP contribution in [0.3, 0.4) is 0 Å². The van der Waals surface area contributed by atoms with Crippen molar-refractivity contribution in [2.45, 2.75) is 11.4 Å². The highest BCUT2D eigenvalue weighted by atomic mass is 35.5. The Kier molecular flexibility index (Phi) is 7.05. The van der Waals surface area contributed by atoms with Crippen LogP contribution in [0.5, 0.6) is 23.0 Å². The second-order valence-corrected chi connectivity index (χ2v) is 7.74. The van der Waals surface area contributed by atoms with Gasteiger partial charge >= 0.3 is 0 Å². The van der Waals surface area contributed by atoms with Crippen LogP contribution >= 0.6 is 23.2 Å². The van der Waals surface area contributed by atoms with Crippen molar-refractivity contribution in [1.82, 2.24) is 4.72 Å². The molecule has 0 fully saturated rings. The van der Waals surface area contributed by atoms with E-state index in [1.807, 2.05) is 0 Å². The fourth-order valence-electron chi connectivity index (χ4n) is 2.37. The number of benzene rings is 2. The van der Waals surface area contributed by atoms with Gasteiger partial charge in [0.15, 0.2) is 11.5 Å². The minimum absolute atomic E-state index is 0.0230. The van der Waals surface area contributed by atoms with Crippen molar-refractivity contribution in [3.63, 3.8) is 0 Å². The van der Waals surface area contributed by atoms with Gasteiger partial charge in [-0.2, -0.15) is 0 Å². The summed E-state index contributed by atoms with van der Waals surface area (Å²) in [7, 11) is 1.92. The summed E-state index contributed by atoms with van der Waals surface area (Å²) in [5.41, 5.74) is 0.601. The highest BCUT2D eigenvalue weighted by Crippen LogP contribution is 2.39. The van der Waals surface area contributed by atoms with E-state index in [-0.39, 0.29) is 27.2 Å². The zero-order valence-electron chi connectivity index (χ0n) is 15.1. The Bertz CT molecular complexity index is 908. The van der Waals surface area contributed by atoms with Gasteiger partial charge < -0.3 is 18.9 Å². The molecule has 0 spiro atoms. The zero-order chi connectivity index (χ0) is 20.2. The first kappa shape index (κ1) is 21.4. The molecule has 27 heavy (non-hydrogen) atoms. The summed E-state index contributed by atoms with van der Waals surface area (Å²) in [4.78, 5) is -0.151. The first-order chi connectivity index (χ1) is 12.8.